The maximum Gasteiger partial charge on any atom is 0.321 e. The third kappa shape index (κ3) is 6.06. The van der Waals surface area contributed by atoms with E-state index in [-0.39, 0.29) is 4.90 Å². The quantitative estimate of drug-likeness (QED) is 0.683. The standard InChI is InChI=1S/C18H19ClN2O5S/c1-12-7-9-14(10-8-12)27(24,25)20-11-17(22)26-13(2)18(23)21-16-6-4-3-5-15(16)19/h3-10,13,20H,11H2,1-2H3,(H,21,23)/t13-/m0/s1. The Kier molecular flexibility index (Phi) is 6.95. The van der Waals surface area contributed by atoms with E-state index in [0.717, 1.165) is 5.56 Å². The monoisotopic (exact) mass is 410 g/mol. The van der Waals surface area contributed by atoms with Crippen molar-refractivity contribution in [3.8, 4) is 0 Å². The molecule has 0 saturated carbocycles. The molecule has 0 aliphatic heterocycles. The smallest absolute Gasteiger partial charge is 0.321 e. The summed E-state index contributed by atoms with van der Waals surface area (Å²) >= 11 is 5.95. The summed E-state index contributed by atoms with van der Waals surface area (Å²) in [5, 5.41) is 2.87. The fourth-order valence-corrected chi connectivity index (χ4v) is 3.20. The number of carbonyl (C=O) groups is 2. The third-order valence-corrected chi connectivity index (χ3v) is 5.29. The van der Waals surface area contributed by atoms with Crippen molar-refractivity contribution < 1.29 is 22.7 Å². The number of ether oxygens (including phenoxy) is 1. The fourth-order valence-electron chi connectivity index (χ4n) is 2.04. The molecule has 0 spiro atoms. The van der Waals surface area contributed by atoms with Crippen molar-refractivity contribution in [1.29, 1.82) is 0 Å². The van der Waals surface area contributed by atoms with Crippen LogP contribution in [0.1, 0.15) is 12.5 Å². The highest BCUT2D eigenvalue weighted by Gasteiger charge is 2.21. The number of rotatable bonds is 7. The first-order valence-corrected chi connectivity index (χ1v) is 9.86. The number of sulfonamides is 1. The first-order chi connectivity index (χ1) is 12.7. The number of benzene rings is 2. The molecule has 0 heterocycles. The molecule has 1 atom stereocenters. The van der Waals surface area contributed by atoms with Crippen molar-refractivity contribution in [3.63, 3.8) is 0 Å². The van der Waals surface area contributed by atoms with E-state index in [2.05, 4.69) is 10.0 Å². The predicted octanol–water partition coefficient (Wildman–Crippen LogP) is 2.50. The lowest BCUT2D eigenvalue weighted by atomic mass is 10.2. The molecule has 7 nitrogen and oxygen atoms in total. The number of hydrogen-bond donors (Lipinski definition) is 2. The lowest BCUT2D eigenvalue weighted by Crippen LogP contribution is -2.35. The fraction of sp³-hybridized carbons (Fsp3) is 0.222. The van der Waals surface area contributed by atoms with Crippen molar-refractivity contribution in [2.75, 3.05) is 11.9 Å². The van der Waals surface area contributed by atoms with Crippen LogP contribution in [0.2, 0.25) is 5.02 Å². The average molecular weight is 411 g/mol. The van der Waals surface area contributed by atoms with Gasteiger partial charge in [0.05, 0.1) is 15.6 Å². The summed E-state index contributed by atoms with van der Waals surface area (Å²) in [6.45, 7) is 2.61. The van der Waals surface area contributed by atoms with Crippen molar-refractivity contribution >= 4 is 39.2 Å². The Labute approximate surface area is 162 Å². The van der Waals surface area contributed by atoms with Gasteiger partial charge in [0, 0.05) is 0 Å². The molecule has 2 rings (SSSR count). The molecule has 0 aromatic heterocycles. The van der Waals surface area contributed by atoms with E-state index >= 15 is 0 Å². The number of anilines is 1. The minimum absolute atomic E-state index is 0.0328. The Bertz CT molecular complexity index is 929. The maximum atomic E-state index is 12.1. The number of carbonyl (C=O) groups excluding carboxylic acids is 2. The van der Waals surface area contributed by atoms with E-state index in [9.17, 15) is 18.0 Å². The van der Waals surface area contributed by atoms with Gasteiger partial charge in [-0.15, -0.1) is 0 Å². The lowest BCUT2D eigenvalue weighted by molar-refractivity contribution is -0.151. The molecule has 0 aliphatic rings. The van der Waals surface area contributed by atoms with Crippen molar-refractivity contribution in [1.82, 2.24) is 4.72 Å². The Balaban J connectivity index is 1.88. The first-order valence-electron chi connectivity index (χ1n) is 8.00. The molecule has 0 fully saturated rings. The summed E-state index contributed by atoms with van der Waals surface area (Å²) < 4.78 is 31.4. The van der Waals surface area contributed by atoms with Crippen molar-refractivity contribution in [3.05, 3.63) is 59.1 Å². The topological polar surface area (TPSA) is 102 Å². The van der Waals surface area contributed by atoms with E-state index in [1.807, 2.05) is 6.92 Å². The van der Waals surface area contributed by atoms with Crippen LogP contribution in [0.15, 0.2) is 53.4 Å². The molecule has 1 amide bonds. The van der Waals surface area contributed by atoms with Gasteiger partial charge in [-0.3, -0.25) is 9.59 Å². The largest absolute Gasteiger partial charge is 0.452 e. The van der Waals surface area contributed by atoms with Gasteiger partial charge in [0.1, 0.15) is 6.54 Å². The molecule has 2 aromatic carbocycles. The molecule has 0 saturated heterocycles. The summed E-state index contributed by atoms with van der Waals surface area (Å²) in [5.74, 6) is -1.47. The molecular weight excluding hydrogens is 392 g/mol. The summed E-state index contributed by atoms with van der Waals surface area (Å²) in [4.78, 5) is 24.0. The zero-order chi connectivity index (χ0) is 20.0. The number of amides is 1. The van der Waals surface area contributed by atoms with E-state index < -0.39 is 34.5 Å². The van der Waals surface area contributed by atoms with Crippen LogP contribution in [-0.2, 0) is 24.3 Å². The highest BCUT2D eigenvalue weighted by molar-refractivity contribution is 7.89. The second kappa shape index (κ2) is 8.98. The molecule has 0 bridgehead atoms. The summed E-state index contributed by atoms with van der Waals surface area (Å²) in [6, 6.07) is 12.8. The summed E-state index contributed by atoms with van der Waals surface area (Å²) in [7, 11) is -3.85. The van der Waals surface area contributed by atoms with Gasteiger partial charge in [-0.1, -0.05) is 41.4 Å². The van der Waals surface area contributed by atoms with Crippen molar-refractivity contribution in [2.45, 2.75) is 24.8 Å². The van der Waals surface area contributed by atoms with Gasteiger partial charge < -0.3 is 10.1 Å². The second-order valence-electron chi connectivity index (χ2n) is 5.74. The van der Waals surface area contributed by atoms with Crippen LogP contribution in [0.5, 0.6) is 0 Å². The van der Waals surface area contributed by atoms with Crippen LogP contribution in [0, 0.1) is 6.92 Å². The van der Waals surface area contributed by atoms with Crippen LogP contribution < -0.4 is 10.0 Å². The molecular formula is C18H19ClN2O5S. The number of aryl methyl sites for hydroxylation is 1. The van der Waals surface area contributed by atoms with Crippen LogP contribution in [0.25, 0.3) is 0 Å². The molecule has 27 heavy (non-hydrogen) atoms. The van der Waals surface area contributed by atoms with Crippen LogP contribution in [-0.4, -0.2) is 32.9 Å². The van der Waals surface area contributed by atoms with Gasteiger partial charge in [-0.2, -0.15) is 4.72 Å². The Morgan fingerprint density at radius 2 is 1.74 bits per heavy atom. The molecule has 2 N–H and O–H groups in total. The molecule has 0 radical (unpaired) electrons. The SMILES string of the molecule is Cc1ccc(S(=O)(=O)NCC(=O)O[C@@H](C)C(=O)Nc2ccccc2Cl)cc1. The minimum atomic E-state index is -3.85. The zero-order valence-electron chi connectivity index (χ0n) is 14.7. The first kappa shape index (κ1) is 20.9. The zero-order valence-corrected chi connectivity index (χ0v) is 16.3. The molecule has 9 heteroatoms. The molecule has 0 unspecified atom stereocenters. The van der Waals surface area contributed by atoms with Gasteiger partial charge >= 0.3 is 5.97 Å². The van der Waals surface area contributed by atoms with Gasteiger partial charge in [0.25, 0.3) is 5.91 Å². The lowest BCUT2D eigenvalue weighted by Gasteiger charge is -2.14. The maximum absolute atomic E-state index is 12.1. The number of hydrogen-bond acceptors (Lipinski definition) is 5. The van der Waals surface area contributed by atoms with Gasteiger partial charge in [0.15, 0.2) is 6.10 Å². The Hall–Kier alpha value is -2.42. The molecule has 2 aromatic rings. The third-order valence-electron chi connectivity index (χ3n) is 3.55. The average Bonchev–Trinajstić information content (AvgIpc) is 2.62. The van der Waals surface area contributed by atoms with Gasteiger partial charge in [-0.25, -0.2) is 8.42 Å². The van der Waals surface area contributed by atoms with Gasteiger partial charge in [-0.05, 0) is 38.1 Å². The van der Waals surface area contributed by atoms with E-state index in [1.54, 1.807) is 36.4 Å². The number of esters is 1. The molecule has 0 aliphatic carbocycles. The highest BCUT2D eigenvalue weighted by Crippen LogP contribution is 2.20. The van der Waals surface area contributed by atoms with E-state index in [1.165, 1.54) is 19.1 Å². The summed E-state index contributed by atoms with van der Waals surface area (Å²) in [6.07, 6.45) is -1.13. The minimum Gasteiger partial charge on any atom is -0.452 e. The number of para-hydroxylation sites is 1. The van der Waals surface area contributed by atoms with Crippen LogP contribution in [0.3, 0.4) is 0 Å². The van der Waals surface area contributed by atoms with Gasteiger partial charge in [0.2, 0.25) is 10.0 Å². The Morgan fingerprint density at radius 3 is 2.37 bits per heavy atom. The normalized spacial score (nSPS) is 12.3. The molecule has 144 valence electrons. The number of nitrogens with one attached hydrogen (secondary N) is 2. The van der Waals surface area contributed by atoms with Crippen molar-refractivity contribution in [2.24, 2.45) is 0 Å². The number of halogens is 1. The second-order valence-corrected chi connectivity index (χ2v) is 7.91. The van der Waals surface area contributed by atoms with Crippen LogP contribution in [0.4, 0.5) is 5.69 Å². The van der Waals surface area contributed by atoms with Crippen LogP contribution >= 0.6 is 11.6 Å². The highest BCUT2D eigenvalue weighted by atomic mass is 35.5. The predicted molar refractivity (Wildman–Crippen MR) is 102 cm³/mol. The Morgan fingerprint density at radius 1 is 1.11 bits per heavy atom. The van der Waals surface area contributed by atoms with E-state index in [4.69, 9.17) is 16.3 Å². The van der Waals surface area contributed by atoms with E-state index in [0.29, 0.717) is 10.7 Å². The summed E-state index contributed by atoms with van der Waals surface area (Å²) in [5.41, 5.74) is 1.29.